The molecule has 3 rings (SSSR count). The van der Waals surface area contributed by atoms with Gasteiger partial charge in [0, 0.05) is 11.1 Å². The molecule has 1 heterocycles. The Labute approximate surface area is 158 Å². The van der Waals surface area contributed by atoms with Gasteiger partial charge in [0.1, 0.15) is 12.4 Å². The molecule has 2 atom stereocenters. The minimum Gasteiger partial charge on any atom is -0.368 e. The molecule has 1 amide bonds. The Kier molecular flexibility index (Phi) is 6.38. The minimum atomic E-state index is -0.321. The van der Waals surface area contributed by atoms with Crippen molar-refractivity contribution in [2.24, 2.45) is 5.92 Å². The Hall–Kier alpha value is -1.79. The molecule has 4 nitrogen and oxygen atoms in total. The third kappa shape index (κ3) is 5.11. The first-order valence-corrected chi connectivity index (χ1v) is 9.98. The van der Waals surface area contributed by atoms with Gasteiger partial charge in [0.05, 0.1) is 23.4 Å². The molecule has 26 heavy (non-hydrogen) atoms. The predicted octanol–water partition coefficient (Wildman–Crippen LogP) is 4.72. The zero-order valence-electron chi connectivity index (χ0n) is 15.3. The second-order valence-electron chi connectivity index (χ2n) is 7.02. The van der Waals surface area contributed by atoms with Crippen molar-refractivity contribution in [1.82, 2.24) is 4.98 Å². The van der Waals surface area contributed by atoms with Gasteiger partial charge in [-0.3, -0.25) is 4.79 Å². The SMILES string of the molecule is Cc1nc(CN(C(=O)COC2CCCC(C)C2)c2ccc(F)cc2)cs1. The van der Waals surface area contributed by atoms with E-state index in [-0.39, 0.29) is 24.4 Å². The van der Waals surface area contributed by atoms with Crippen LogP contribution in [0.4, 0.5) is 10.1 Å². The molecule has 1 fully saturated rings. The number of aryl methyl sites for hydroxylation is 1. The molecule has 2 unspecified atom stereocenters. The van der Waals surface area contributed by atoms with E-state index in [1.807, 2.05) is 12.3 Å². The van der Waals surface area contributed by atoms with Crippen LogP contribution < -0.4 is 4.90 Å². The van der Waals surface area contributed by atoms with Gasteiger partial charge >= 0.3 is 0 Å². The van der Waals surface area contributed by atoms with Gasteiger partial charge in [0.15, 0.2) is 0 Å². The molecular formula is C20H25FN2O2S. The fourth-order valence-corrected chi connectivity index (χ4v) is 3.99. The van der Waals surface area contributed by atoms with E-state index < -0.39 is 0 Å². The number of carbonyl (C=O) groups is 1. The summed E-state index contributed by atoms with van der Waals surface area (Å²) in [6.45, 7) is 4.56. The highest BCUT2D eigenvalue weighted by Crippen LogP contribution is 2.26. The quantitative estimate of drug-likeness (QED) is 0.733. The van der Waals surface area contributed by atoms with Crippen molar-refractivity contribution in [3.63, 3.8) is 0 Å². The van der Waals surface area contributed by atoms with Crippen LogP contribution in [0, 0.1) is 18.7 Å². The smallest absolute Gasteiger partial charge is 0.253 e. The van der Waals surface area contributed by atoms with Gasteiger partial charge in [-0.15, -0.1) is 11.3 Å². The molecule has 1 aliphatic carbocycles. The normalized spacial score (nSPS) is 20.1. The second-order valence-corrected chi connectivity index (χ2v) is 8.08. The number of benzene rings is 1. The van der Waals surface area contributed by atoms with Crippen molar-refractivity contribution < 1.29 is 13.9 Å². The molecular weight excluding hydrogens is 351 g/mol. The molecule has 0 spiro atoms. The number of aromatic nitrogens is 1. The Morgan fingerprint density at radius 3 is 2.77 bits per heavy atom. The Balaban J connectivity index is 1.69. The van der Waals surface area contributed by atoms with E-state index in [4.69, 9.17) is 4.74 Å². The van der Waals surface area contributed by atoms with Gasteiger partial charge in [-0.25, -0.2) is 9.37 Å². The van der Waals surface area contributed by atoms with Crippen LogP contribution in [-0.2, 0) is 16.1 Å². The van der Waals surface area contributed by atoms with Crippen LogP contribution in [0.2, 0.25) is 0 Å². The summed E-state index contributed by atoms with van der Waals surface area (Å²) in [6.07, 6.45) is 4.56. The summed E-state index contributed by atoms with van der Waals surface area (Å²) >= 11 is 1.55. The molecule has 0 bridgehead atoms. The maximum absolute atomic E-state index is 13.3. The number of hydrogen-bond acceptors (Lipinski definition) is 4. The van der Waals surface area contributed by atoms with E-state index in [1.165, 1.54) is 18.6 Å². The summed E-state index contributed by atoms with van der Waals surface area (Å²) in [5.74, 6) is 0.202. The Morgan fingerprint density at radius 2 is 2.12 bits per heavy atom. The Bertz CT molecular complexity index is 732. The zero-order chi connectivity index (χ0) is 18.5. The lowest BCUT2D eigenvalue weighted by atomic mass is 9.89. The molecule has 0 radical (unpaired) electrons. The standard InChI is InChI=1S/C20H25FN2O2S/c1-14-4-3-5-19(10-14)25-12-20(24)23(11-17-13-26-15(2)22-17)18-8-6-16(21)7-9-18/h6-9,13-14,19H,3-5,10-12H2,1-2H3. The molecule has 0 N–H and O–H groups in total. The number of halogens is 1. The highest BCUT2D eigenvalue weighted by molar-refractivity contribution is 7.09. The maximum atomic E-state index is 13.3. The van der Waals surface area contributed by atoms with Crippen molar-refractivity contribution in [2.45, 2.75) is 52.2 Å². The summed E-state index contributed by atoms with van der Waals surface area (Å²) in [5, 5.41) is 2.90. The number of rotatable bonds is 6. The highest BCUT2D eigenvalue weighted by atomic mass is 32.1. The fraction of sp³-hybridized carbons (Fsp3) is 0.500. The summed E-state index contributed by atoms with van der Waals surface area (Å²) in [5.41, 5.74) is 1.49. The number of thiazole rings is 1. The van der Waals surface area contributed by atoms with E-state index >= 15 is 0 Å². The fourth-order valence-electron chi connectivity index (χ4n) is 3.38. The predicted molar refractivity (Wildman–Crippen MR) is 102 cm³/mol. The van der Waals surface area contributed by atoms with Crippen molar-refractivity contribution in [3.8, 4) is 0 Å². The van der Waals surface area contributed by atoms with Crippen LogP contribution in [0.25, 0.3) is 0 Å². The van der Waals surface area contributed by atoms with Gasteiger partial charge in [-0.1, -0.05) is 19.8 Å². The number of nitrogens with zero attached hydrogens (tertiary/aromatic N) is 2. The van der Waals surface area contributed by atoms with Crippen LogP contribution >= 0.6 is 11.3 Å². The van der Waals surface area contributed by atoms with Gasteiger partial charge in [0.25, 0.3) is 5.91 Å². The zero-order valence-corrected chi connectivity index (χ0v) is 16.1. The lowest BCUT2D eigenvalue weighted by Gasteiger charge is -2.28. The van der Waals surface area contributed by atoms with Crippen LogP contribution in [0.1, 0.15) is 43.3 Å². The average Bonchev–Trinajstić information content (AvgIpc) is 3.04. The highest BCUT2D eigenvalue weighted by Gasteiger charge is 2.23. The molecule has 140 valence electrons. The van der Waals surface area contributed by atoms with Crippen molar-refractivity contribution in [2.75, 3.05) is 11.5 Å². The van der Waals surface area contributed by atoms with Crippen LogP contribution in [0.3, 0.4) is 0 Å². The lowest BCUT2D eigenvalue weighted by molar-refractivity contribution is -0.126. The summed E-state index contributed by atoms with van der Waals surface area (Å²) in [7, 11) is 0. The number of hydrogen-bond donors (Lipinski definition) is 0. The molecule has 2 aromatic rings. The minimum absolute atomic E-state index is 0.0396. The number of carbonyl (C=O) groups excluding carboxylic acids is 1. The average molecular weight is 376 g/mol. The van der Waals surface area contributed by atoms with E-state index in [0.717, 1.165) is 30.0 Å². The van der Waals surface area contributed by atoms with Crippen LogP contribution in [0.15, 0.2) is 29.6 Å². The number of ether oxygens (including phenoxy) is 1. The lowest BCUT2D eigenvalue weighted by Crippen LogP contribution is -2.35. The first kappa shape index (κ1) is 19.0. The maximum Gasteiger partial charge on any atom is 0.253 e. The third-order valence-electron chi connectivity index (χ3n) is 4.76. The van der Waals surface area contributed by atoms with E-state index in [2.05, 4.69) is 11.9 Å². The topological polar surface area (TPSA) is 42.4 Å². The number of anilines is 1. The van der Waals surface area contributed by atoms with Crippen molar-refractivity contribution in [1.29, 1.82) is 0 Å². The van der Waals surface area contributed by atoms with Gasteiger partial charge in [-0.2, -0.15) is 0 Å². The second kappa shape index (κ2) is 8.73. The van der Waals surface area contributed by atoms with Crippen molar-refractivity contribution in [3.05, 3.63) is 46.2 Å². The number of amides is 1. The monoisotopic (exact) mass is 376 g/mol. The summed E-state index contributed by atoms with van der Waals surface area (Å²) < 4.78 is 19.2. The Morgan fingerprint density at radius 1 is 1.35 bits per heavy atom. The molecule has 1 saturated carbocycles. The molecule has 1 aromatic heterocycles. The molecule has 6 heteroatoms. The van der Waals surface area contributed by atoms with Crippen molar-refractivity contribution >= 4 is 22.9 Å². The largest absolute Gasteiger partial charge is 0.368 e. The first-order valence-electron chi connectivity index (χ1n) is 9.10. The molecule has 0 aliphatic heterocycles. The van der Waals surface area contributed by atoms with Gasteiger partial charge in [0.2, 0.25) is 0 Å². The molecule has 0 saturated heterocycles. The van der Waals surface area contributed by atoms with Gasteiger partial charge < -0.3 is 9.64 Å². The first-order chi connectivity index (χ1) is 12.5. The van der Waals surface area contributed by atoms with E-state index in [0.29, 0.717) is 18.2 Å². The summed E-state index contributed by atoms with van der Waals surface area (Å²) in [6, 6.07) is 5.97. The van der Waals surface area contributed by atoms with E-state index in [9.17, 15) is 9.18 Å². The van der Waals surface area contributed by atoms with Crippen LogP contribution in [-0.4, -0.2) is 23.6 Å². The molecule has 1 aromatic carbocycles. The van der Waals surface area contributed by atoms with Crippen LogP contribution in [0.5, 0.6) is 0 Å². The third-order valence-corrected chi connectivity index (χ3v) is 5.58. The molecule has 1 aliphatic rings. The van der Waals surface area contributed by atoms with E-state index in [1.54, 1.807) is 28.4 Å². The summed E-state index contributed by atoms with van der Waals surface area (Å²) in [4.78, 5) is 18.9. The van der Waals surface area contributed by atoms with Gasteiger partial charge in [-0.05, 0) is 49.9 Å².